The van der Waals surface area contributed by atoms with Crippen molar-refractivity contribution in [2.24, 2.45) is 7.05 Å². The van der Waals surface area contributed by atoms with Gasteiger partial charge in [-0.25, -0.2) is 9.97 Å². The fraction of sp³-hybridized carbons (Fsp3) is 0.333. The van der Waals surface area contributed by atoms with Crippen LogP contribution in [0.3, 0.4) is 0 Å². The van der Waals surface area contributed by atoms with Gasteiger partial charge in [0.2, 0.25) is 0 Å². The fourth-order valence-corrected chi connectivity index (χ4v) is 4.39. The van der Waals surface area contributed by atoms with Crippen molar-refractivity contribution >= 4 is 11.0 Å². The number of fused-ring (bicyclic) bond motifs is 1. The second kappa shape index (κ2) is 7.48. The largest absolute Gasteiger partial charge is 0.330 e. The lowest BCUT2D eigenvalue weighted by molar-refractivity contribution is 0.255. The summed E-state index contributed by atoms with van der Waals surface area (Å²) in [6, 6.07) is 17.7. The summed E-state index contributed by atoms with van der Waals surface area (Å²) >= 11 is 0. The first kappa shape index (κ1) is 18.1. The van der Waals surface area contributed by atoms with Gasteiger partial charge in [0.15, 0.2) is 0 Å². The summed E-state index contributed by atoms with van der Waals surface area (Å²) < 4.78 is 4.43. The lowest BCUT2D eigenvalue weighted by Gasteiger charge is -2.21. The molecule has 3 heterocycles. The Hall–Kier alpha value is -2.92. The van der Waals surface area contributed by atoms with Crippen molar-refractivity contribution in [3.63, 3.8) is 0 Å². The van der Waals surface area contributed by atoms with Crippen molar-refractivity contribution in [3.8, 4) is 11.4 Å². The first-order valence-corrected chi connectivity index (χ1v) is 10.4. The second-order valence-corrected chi connectivity index (χ2v) is 8.15. The summed E-state index contributed by atoms with van der Waals surface area (Å²) in [5.41, 5.74) is 5.91. The summed E-state index contributed by atoms with van der Waals surface area (Å²) in [5.74, 6) is 1.03. The number of nitrogens with zero attached hydrogens (tertiary/aromatic N) is 5. The molecule has 0 aliphatic carbocycles. The normalized spacial score (nSPS) is 17.4. The third-order valence-corrected chi connectivity index (χ3v) is 6.23. The maximum Gasteiger partial charge on any atom is 0.139 e. The van der Waals surface area contributed by atoms with Crippen molar-refractivity contribution < 1.29 is 0 Å². The molecule has 1 atom stereocenters. The molecule has 29 heavy (non-hydrogen) atoms. The highest BCUT2D eigenvalue weighted by Crippen LogP contribution is 2.24. The van der Waals surface area contributed by atoms with Gasteiger partial charge in [-0.2, -0.15) is 0 Å². The molecule has 4 aromatic rings. The van der Waals surface area contributed by atoms with E-state index in [-0.39, 0.29) is 0 Å². The van der Waals surface area contributed by atoms with E-state index in [0.29, 0.717) is 6.04 Å². The van der Waals surface area contributed by atoms with Gasteiger partial charge in [-0.05, 0) is 44.0 Å². The number of rotatable bonds is 5. The number of hydrogen-bond donors (Lipinski definition) is 0. The summed E-state index contributed by atoms with van der Waals surface area (Å²) in [6.45, 7) is 5.32. The highest BCUT2D eigenvalue weighted by molar-refractivity contribution is 5.75. The molecule has 0 N–H and O–H groups in total. The molecule has 148 valence electrons. The molecule has 0 radical (unpaired) electrons. The van der Waals surface area contributed by atoms with Crippen LogP contribution in [0.4, 0.5) is 0 Å². The molecule has 1 aliphatic heterocycles. The lowest BCUT2D eigenvalue weighted by atomic mass is 10.1. The van der Waals surface area contributed by atoms with E-state index >= 15 is 0 Å². The molecule has 1 saturated heterocycles. The number of imidazole rings is 2. The Morgan fingerprint density at radius 1 is 1.00 bits per heavy atom. The van der Waals surface area contributed by atoms with Crippen LogP contribution in [0.25, 0.3) is 22.4 Å². The van der Waals surface area contributed by atoms with Gasteiger partial charge >= 0.3 is 0 Å². The van der Waals surface area contributed by atoms with Crippen LogP contribution in [-0.4, -0.2) is 36.6 Å². The number of hydrogen-bond acceptors (Lipinski definition) is 3. The number of likely N-dealkylation sites (tertiary alicyclic amines) is 1. The van der Waals surface area contributed by atoms with E-state index in [0.717, 1.165) is 30.0 Å². The second-order valence-electron chi connectivity index (χ2n) is 8.15. The quantitative estimate of drug-likeness (QED) is 0.509. The highest BCUT2D eigenvalue weighted by Gasteiger charge is 2.21. The fourth-order valence-electron chi connectivity index (χ4n) is 4.39. The van der Waals surface area contributed by atoms with Crippen molar-refractivity contribution in [2.45, 2.75) is 38.9 Å². The standard InChI is InChI=1S/C24H27N5/c1-18-6-5-13-28(18)16-21-14-25-24(27(21)2)20-11-9-19(10-12-20)15-29-17-26-22-7-3-4-8-23(22)29/h3-4,7-12,14,17-18H,5-6,13,15-16H2,1-2H3. The maximum atomic E-state index is 4.72. The van der Waals surface area contributed by atoms with Crippen molar-refractivity contribution in [1.82, 2.24) is 24.0 Å². The number of aromatic nitrogens is 4. The smallest absolute Gasteiger partial charge is 0.139 e. The van der Waals surface area contributed by atoms with E-state index in [1.54, 1.807) is 0 Å². The molecule has 0 saturated carbocycles. The Morgan fingerprint density at radius 3 is 2.62 bits per heavy atom. The van der Waals surface area contributed by atoms with Crippen LogP contribution in [0.5, 0.6) is 0 Å². The van der Waals surface area contributed by atoms with E-state index in [2.05, 4.69) is 75.5 Å². The first-order chi connectivity index (χ1) is 14.2. The SMILES string of the molecule is CC1CCCN1Cc1cnc(-c2ccc(Cn3cnc4ccccc43)cc2)n1C. The molecule has 2 aromatic heterocycles. The summed E-state index contributed by atoms with van der Waals surface area (Å²) in [4.78, 5) is 11.8. The van der Waals surface area contributed by atoms with Crippen molar-refractivity contribution in [2.75, 3.05) is 6.54 Å². The van der Waals surface area contributed by atoms with Crippen LogP contribution >= 0.6 is 0 Å². The lowest BCUT2D eigenvalue weighted by Crippen LogP contribution is -2.27. The molecule has 1 fully saturated rings. The van der Waals surface area contributed by atoms with Gasteiger partial charge in [0.1, 0.15) is 5.82 Å². The van der Waals surface area contributed by atoms with Crippen LogP contribution in [0.2, 0.25) is 0 Å². The van der Waals surface area contributed by atoms with Gasteiger partial charge in [0.25, 0.3) is 0 Å². The zero-order chi connectivity index (χ0) is 19.8. The third-order valence-electron chi connectivity index (χ3n) is 6.23. The molecule has 5 heteroatoms. The van der Waals surface area contributed by atoms with Crippen LogP contribution < -0.4 is 0 Å². The molecule has 0 spiro atoms. The summed E-state index contributed by atoms with van der Waals surface area (Å²) in [6.07, 6.45) is 6.56. The Morgan fingerprint density at radius 2 is 1.83 bits per heavy atom. The average Bonchev–Trinajstić information content (AvgIpc) is 3.44. The monoisotopic (exact) mass is 385 g/mol. The molecule has 5 rings (SSSR count). The minimum atomic E-state index is 0.673. The zero-order valence-electron chi connectivity index (χ0n) is 17.1. The summed E-state index contributed by atoms with van der Waals surface area (Å²) in [7, 11) is 2.13. The molecule has 2 aromatic carbocycles. The predicted molar refractivity (Wildman–Crippen MR) is 117 cm³/mol. The van der Waals surface area contributed by atoms with E-state index in [1.165, 1.54) is 36.2 Å². The minimum Gasteiger partial charge on any atom is -0.330 e. The van der Waals surface area contributed by atoms with Gasteiger partial charge in [0.05, 0.1) is 29.3 Å². The highest BCUT2D eigenvalue weighted by atomic mass is 15.2. The zero-order valence-corrected chi connectivity index (χ0v) is 17.1. The van der Waals surface area contributed by atoms with Crippen LogP contribution in [0, 0.1) is 0 Å². The Bertz CT molecular complexity index is 1120. The van der Waals surface area contributed by atoms with Crippen LogP contribution in [-0.2, 0) is 20.1 Å². The maximum absolute atomic E-state index is 4.72. The molecular weight excluding hydrogens is 358 g/mol. The van der Waals surface area contributed by atoms with Crippen LogP contribution in [0.1, 0.15) is 31.0 Å². The topological polar surface area (TPSA) is 38.9 Å². The molecule has 0 bridgehead atoms. The molecule has 1 unspecified atom stereocenters. The number of para-hydroxylation sites is 2. The van der Waals surface area contributed by atoms with E-state index in [1.807, 2.05) is 18.6 Å². The minimum absolute atomic E-state index is 0.673. The Kier molecular flexibility index (Phi) is 4.68. The Labute approximate surface area is 171 Å². The number of benzene rings is 2. The average molecular weight is 386 g/mol. The van der Waals surface area contributed by atoms with Gasteiger partial charge in [-0.15, -0.1) is 0 Å². The summed E-state index contributed by atoms with van der Waals surface area (Å²) in [5, 5.41) is 0. The molecule has 0 amide bonds. The predicted octanol–water partition coefficient (Wildman–Crippen LogP) is 4.47. The van der Waals surface area contributed by atoms with E-state index in [4.69, 9.17) is 4.98 Å². The van der Waals surface area contributed by atoms with Gasteiger partial charge in [-0.3, -0.25) is 4.90 Å². The van der Waals surface area contributed by atoms with Crippen LogP contribution in [0.15, 0.2) is 61.1 Å². The van der Waals surface area contributed by atoms with Gasteiger partial charge < -0.3 is 9.13 Å². The molecule has 5 nitrogen and oxygen atoms in total. The molecular formula is C24H27N5. The Balaban J connectivity index is 1.34. The van der Waals surface area contributed by atoms with Gasteiger partial charge in [-0.1, -0.05) is 36.4 Å². The van der Waals surface area contributed by atoms with E-state index < -0.39 is 0 Å². The first-order valence-electron chi connectivity index (χ1n) is 10.4. The third kappa shape index (κ3) is 3.47. The molecule has 1 aliphatic rings. The van der Waals surface area contributed by atoms with Gasteiger partial charge in [0, 0.05) is 31.7 Å². The van der Waals surface area contributed by atoms with Crippen molar-refractivity contribution in [1.29, 1.82) is 0 Å². The van der Waals surface area contributed by atoms with Crippen molar-refractivity contribution in [3.05, 3.63) is 72.3 Å². The van der Waals surface area contributed by atoms with E-state index in [9.17, 15) is 0 Å².